The van der Waals surface area contributed by atoms with Crippen LogP contribution in [-0.4, -0.2) is 34.2 Å². The standard InChI is InChI=1S/C11H12I2O6/c1-13(12)19-11(17)8-4-6(9(14)15)3-7(5-8)10(16)18-2/h3-5,11,17H,1-2H3,(H,14,15). The third-order valence-corrected chi connectivity index (χ3v) is 4.59. The summed E-state index contributed by atoms with van der Waals surface area (Å²) in [6.45, 7) is 0. The van der Waals surface area contributed by atoms with Crippen LogP contribution in [0.4, 0.5) is 0 Å². The van der Waals surface area contributed by atoms with Gasteiger partial charge in [-0.15, -0.1) is 0 Å². The molecule has 1 atom stereocenters. The van der Waals surface area contributed by atoms with E-state index in [1.54, 1.807) is 0 Å². The molecular formula is C11H12I2O6. The number of carbonyl (C=O) groups is 2. The summed E-state index contributed by atoms with van der Waals surface area (Å²) < 4.78 is 9.83. The van der Waals surface area contributed by atoms with Crippen molar-refractivity contribution < 1.29 is 27.6 Å². The Balaban J connectivity index is 3.20. The first kappa shape index (κ1) is 16.6. The predicted octanol–water partition coefficient (Wildman–Crippen LogP) is 2.58. The van der Waals surface area contributed by atoms with Crippen molar-refractivity contribution in [1.29, 1.82) is 0 Å². The minimum atomic E-state index is -1.69. The van der Waals surface area contributed by atoms with E-state index in [0.29, 0.717) is 0 Å². The number of hydrogen-bond donors (Lipinski definition) is 2. The molecule has 0 aliphatic carbocycles. The van der Waals surface area contributed by atoms with Crippen molar-refractivity contribution in [1.82, 2.24) is 0 Å². The van der Waals surface area contributed by atoms with Crippen LogP contribution in [0.15, 0.2) is 18.2 Å². The molecule has 8 heteroatoms. The monoisotopic (exact) mass is 494 g/mol. The van der Waals surface area contributed by atoms with Crippen molar-refractivity contribution in [2.24, 2.45) is 0 Å². The first-order chi connectivity index (χ1) is 8.85. The fourth-order valence-electron chi connectivity index (χ4n) is 1.32. The van der Waals surface area contributed by atoms with E-state index < -0.39 is 34.5 Å². The summed E-state index contributed by atoms with van der Waals surface area (Å²) in [6.07, 6.45) is -1.24. The zero-order valence-electron chi connectivity index (χ0n) is 10.1. The molecule has 106 valence electrons. The van der Waals surface area contributed by atoms with E-state index in [4.69, 9.17) is 8.17 Å². The summed E-state index contributed by atoms with van der Waals surface area (Å²) >= 11 is 0.412. The molecule has 1 aromatic carbocycles. The van der Waals surface area contributed by atoms with Crippen molar-refractivity contribution in [3.63, 3.8) is 0 Å². The van der Waals surface area contributed by atoms with Gasteiger partial charge in [-0.05, 0) is 0 Å². The van der Waals surface area contributed by atoms with Gasteiger partial charge in [-0.1, -0.05) is 0 Å². The van der Waals surface area contributed by atoms with Crippen LogP contribution < -0.4 is 0 Å². The first-order valence-electron chi connectivity index (χ1n) is 4.93. The average Bonchev–Trinajstić information content (AvgIpc) is 2.36. The third kappa shape index (κ3) is 4.85. The summed E-state index contributed by atoms with van der Waals surface area (Å²) in [6, 6.07) is 3.83. The van der Waals surface area contributed by atoms with Crippen LogP contribution in [0.3, 0.4) is 0 Å². The van der Waals surface area contributed by atoms with Gasteiger partial charge in [-0.3, -0.25) is 0 Å². The molecule has 0 spiro atoms. The maximum absolute atomic E-state index is 11.5. The molecule has 6 nitrogen and oxygen atoms in total. The van der Waals surface area contributed by atoms with Gasteiger partial charge in [0.15, 0.2) is 0 Å². The number of carboxylic acid groups (broad SMARTS) is 1. The fourth-order valence-corrected chi connectivity index (χ4v) is 3.50. The molecule has 1 rings (SSSR count). The van der Waals surface area contributed by atoms with Crippen LogP contribution >= 0.6 is 34.9 Å². The molecule has 0 fully saturated rings. The Kier molecular flexibility index (Phi) is 6.42. The molecule has 0 aliphatic rings. The van der Waals surface area contributed by atoms with Gasteiger partial charge in [0.05, 0.1) is 0 Å². The summed E-state index contributed by atoms with van der Waals surface area (Å²) in [7, 11) is 1.20. The molecule has 0 saturated heterocycles. The summed E-state index contributed by atoms with van der Waals surface area (Å²) in [5.74, 6) is -1.86. The zero-order chi connectivity index (χ0) is 14.6. The number of aliphatic hydroxyl groups is 1. The van der Waals surface area contributed by atoms with Crippen molar-refractivity contribution in [2.45, 2.75) is 6.29 Å². The van der Waals surface area contributed by atoms with Gasteiger partial charge in [0.1, 0.15) is 0 Å². The molecule has 19 heavy (non-hydrogen) atoms. The van der Waals surface area contributed by atoms with E-state index in [1.807, 2.05) is 4.93 Å². The van der Waals surface area contributed by atoms with Gasteiger partial charge >= 0.3 is 128 Å². The molecule has 1 unspecified atom stereocenters. The van der Waals surface area contributed by atoms with Gasteiger partial charge in [0.25, 0.3) is 0 Å². The van der Waals surface area contributed by atoms with E-state index >= 15 is 0 Å². The second-order valence-corrected chi connectivity index (χ2v) is 13.7. The Morgan fingerprint density at radius 3 is 2.37 bits per heavy atom. The Morgan fingerprint density at radius 2 is 1.89 bits per heavy atom. The SMILES string of the molecule is COC(=O)c1cc(C(=O)O)cc(C(O)OI(C)I)c1. The van der Waals surface area contributed by atoms with Gasteiger partial charge in [-0.2, -0.15) is 0 Å². The number of alkyl halides is 1. The Hall–Kier alpha value is -0.460. The van der Waals surface area contributed by atoms with Crippen LogP contribution in [0.5, 0.6) is 0 Å². The second-order valence-electron chi connectivity index (χ2n) is 3.44. The number of rotatable bonds is 5. The number of methoxy groups -OCH3 is 1. The molecule has 0 radical (unpaired) electrons. The van der Waals surface area contributed by atoms with Crippen LogP contribution in [0, 0.1) is 0 Å². The van der Waals surface area contributed by atoms with Gasteiger partial charge in [0, 0.05) is 0 Å². The predicted molar refractivity (Wildman–Crippen MR) is 84.7 cm³/mol. The van der Waals surface area contributed by atoms with Gasteiger partial charge in [0.2, 0.25) is 0 Å². The van der Waals surface area contributed by atoms with E-state index in [9.17, 15) is 14.7 Å². The normalized spacial score (nSPS) is 12.7. The molecule has 1 aromatic rings. The molecule has 0 amide bonds. The van der Waals surface area contributed by atoms with Gasteiger partial charge in [-0.25, -0.2) is 0 Å². The molecule has 0 saturated carbocycles. The van der Waals surface area contributed by atoms with Gasteiger partial charge < -0.3 is 0 Å². The quantitative estimate of drug-likeness (QED) is 0.283. The van der Waals surface area contributed by atoms with Crippen molar-refractivity contribution in [3.8, 4) is 0 Å². The molecule has 2 N–H and O–H groups in total. The van der Waals surface area contributed by atoms with E-state index in [2.05, 4.69) is 23.4 Å². The Morgan fingerprint density at radius 1 is 1.32 bits per heavy atom. The average molecular weight is 494 g/mol. The number of esters is 1. The summed E-state index contributed by atoms with van der Waals surface area (Å²) in [5.41, 5.74) is 0.177. The number of hydrogen-bond acceptors (Lipinski definition) is 5. The molecule has 0 aliphatic heterocycles. The number of aromatic carboxylic acids is 1. The number of benzene rings is 1. The molecule has 0 heterocycles. The number of carbonyl (C=O) groups excluding carboxylic acids is 1. The van der Waals surface area contributed by atoms with Crippen LogP contribution in [0.1, 0.15) is 32.6 Å². The topological polar surface area (TPSA) is 93.1 Å². The number of halogens is 2. The molecule has 0 aromatic heterocycles. The number of aliphatic hydroxyl groups excluding tert-OH is 1. The Labute approximate surface area is 127 Å². The van der Waals surface area contributed by atoms with Crippen LogP contribution in [-0.2, 0) is 7.80 Å². The number of carboxylic acids is 1. The van der Waals surface area contributed by atoms with E-state index in [-0.39, 0.29) is 16.7 Å². The maximum atomic E-state index is 11.5. The van der Waals surface area contributed by atoms with Crippen LogP contribution in [0.25, 0.3) is 0 Å². The fraction of sp³-hybridized carbons (Fsp3) is 0.273. The van der Waals surface area contributed by atoms with Crippen molar-refractivity contribution >= 4 is 46.8 Å². The zero-order valence-corrected chi connectivity index (χ0v) is 14.4. The summed E-state index contributed by atoms with van der Waals surface area (Å²) in [4.78, 5) is 24.3. The summed E-state index contributed by atoms with van der Waals surface area (Å²) in [5, 5.41) is 18.8. The van der Waals surface area contributed by atoms with Crippen molar-refractivity contribution in [2.75, 3.05) is 12.0 Å². The first-order valence-corrected chi connectivity index (χ1v) is 14.3. The molecular weight excluding hydrogens is 482 g/mol. The van der Waals surface area contributed by atoms with E-state index in [1.165, 1.54) is 25.3 Å². The minimum absolute atomic E-state index is 0.0601. The van der Waals surface area contributed by atoms with E-state index in [0.717, 1.165) is 0 Å². The second kappa shape index (κ2) is 7.36. The Bertz CT molecular complexity index is 488. The van der Waals surface area contributed by atoms with Crippen LogP contribution in [0.2, 0.25) is 0 Å². The third-order valence-electron chi connectivity index (χ3n) is 2.12. The molecule has 0 bridgehead atoms. The van der Waals surface area contributed by atoms with Crippen molar-refractivity contribution in [3.05, 3.63) is 34.9 Å². The number of ether oxygens (including phenoxy) is 1.